The number of benzene rings is 1. The van der Waals surface area contributed by atoms with Crippen molar-refractivity contribution in [3.05, 3.63) is 36.0 Å². The Morgan fingerprint density at radius 2 is 2.17 bits per heavy atom. The molecule has 1 aromatic carbocycles. The van der Waals surface area contributed by atoms with Gasteiger partial charge in [-0.05, 0) is 25.1 Å². The van der Waals surface area contributed by atoms with Crippen molar-refractivity contribution in [2.75, 3.05) is 25.0 Å². The molecule has 0 aliphatic heterocycles. The van der Waals surface area contributed by atoms with Gasteiger partial charge < -0.3 is 15.3 Å². The number of rotatable bonds is 7. The third kappa shape index (κ3) is 5.71. The fraction of sp³-hybridized carbons (Fsp3) is 0.286. The number of aliphatic hydroxyl groups is 1. The molecule has 0 heterocycles. The molecule has 0 aliphatic rings. The number of carbonyl (C=O) groups excluding carboxylic acids is 1. The second kappa shape index (κ2) is 8.28. The molecule has 1 rings (SSSR count). The zero-order valence-corrected chi connectivity index (χ0v) is 13.2. The molecule has 3 N–H and O–H groups in total. The monoisotopic (exact) mass is 339 g/mol. The Kier molecular flexibility index (Phi) is 6.71. The topological polar surface area (TPSA) is 131 Å². The van der Waals surface area contributed by atoms with Crippen molar-refractivity contribution in [3.63, 3.8) is 0 Å². The van der Waals surface area contributed by atoms with Gasteiger partial charge in [0, 0.05) is 25.0 Å². The fourth-order valence-electron chi connectivity index (χ4n) is 1.70. The van der Waals surface area contributed by atoms with E-state index in [2.05, 4.69) is 5.32 Å². The summed E-state index contributed by atoms with van der Waals surface area (Å²) in [6.45, 7) is 2.44. The Labute approximate surface area is 134 Å². The molecule has 9 heteroatoms. The van der Waals surface area contributed by atoms with Crippen LogP contribution in [0.4, 0.5) is 5.69 Å². The standard InChI is InChI=1S/C14H17N3O5S/c1-2-17(6-7-18)10-11(9-15)14(19)16-12-4-3-5-13(8-12)23(20,21)22/h3-5,8,10,18H,2,6-7H2,1H3,(H,16,19)(H,20,21,22)/b11-10-. The third-order valence-electron chi connectivity index (χ3n) is 2.86. The molecule has 8 nitrogen and oxygen atoms in total. The summed E-state index contributed by atoms with van der Waals surface area (Å²) in [6, 6.07) is 6.77. The first-order valence-electron chi connectivity index (χ1n) is 6.67. The van der Waals surface area contributed by atoms with Gasteiger partial charge in [0.1, 0.15) is 11.6 Å². The number of aliphatic hydroxyl groups excluding tert-OH is 1. The Balaban J connectivity index is 2.97. The van der Waals surface area contributed by atoms with Crippen molar-refractivity contribution < 1.29 is 22.9 Å². The summed E-state index contributed by atoms with van der Waals surface area (Å²) < 4.78 is 31.1. The highest BCUT2D eigenvalue weighted by atomic mass is 32.2. The summed E-state index contributed by atoms with van der Waals surface area (Å²) in [5, 5.41) is 20.3. The predicted octanol–water partition coefficient (Wildman–Crippen LogP) is 0.593. The van der Waals surface area contributed by atoms with E-state index in [1.54, 1.807) is 17.9 Å². The zero-order chi connectivity index (χ0) is 17.5. The van der Waals surface area contributed by atoms with E-state index in [4.69, 9.17) is 14.9 Å². The molecule has 0 bridgehead atoms. The lowest BCUT2D eigenvalue weighted by Gasteiger charge is -2.17. The summed E-state index contributed by atoms with van der Waals surface area (Å²) in [5.41, 5.74) is -0.0750. The number of anilines is 1. The Bertz CT molecular complexity index is 737. The quantitative estimate of drug-likeness (QED) is 0.376. The van der Waals surface area contributed by atoms with Crippen molar-refractivity contribution >= 4 is 21.7 Å². The van der Waals surface area contributed by atoms with E-state index in [0.29, 0.717) is 6.54 Å². The van der Waals surface area contributed by atoms with Gasteiger partial charge >= 0.3 is 0 Å². The van der Waals surface area contributed by atoms with E-state index in [-0.39, 0.29) is 29.3 Å². The smallest absolute Gasteiger partial charge is 0.294 e. The summed E-state index contributed by atoms with van der Waals surface area (Å²) in [5.74, 6) is -0.726. The number of hydrogen-bond acceptors (Lipinski definition) is 6. The molecule has 0 atom stereocenters. The first kappa shape index (κ1) is 18.6. The van der Waals surface area contributed by atoms with Gasteiger partial charge in [-0.3, -0.25) is 9.35 Å². The van der Waals surface area contributed by atoms with Crippen LogP contribution < -0.4 is 5.32 Å². The molecule has 0 aromatic heterocycles. The largest absolute Gasteiger partial charge is 0.395 e. The first-order valence-corrected chi connectivity index (χ1v) is 8.11. The van der Waals surface area contributed by atoms with Crippen LogP contribution >= 0.6 is 0 Å². The fourth-order valence-corrected chi connectivity index (χ4v) is 2.22. The van der Waals surface area contributed by atoms with Crippen LogP contribution in [0.1, 0.15) is 6.92 Å². The highest BCUT2D eigenvalue weighted by Gasteiger charge is 2.14. The van der Waals surface area contributed by atoms with E-state index in [1.165, 1.54) is 24.4 Å². The van der Waals surface area contributed by atoms with Gasteiger partial charge in [0.05, 0.1) is 11.5 Å². The van der Waals surface area contributed by atoms with Gasteiger partial charge in [0.2, 0.25) is 0 Å². The molecule has 0 fully saturated rings. The van der Waals surface area contributed by atoms with Crippen molar-refractivity contribution in [1.29, 1.82) is 5.26 Å². The summed E-state index contributed by atoms with van der Waals surface area (Å²) >= 11 is 0. The summed E-state index contributed by atoms with van der Waals surface area (Å²) in [6.07, 6.45) is 1.32. The number of nitriles is 1. The lowest BCUT2D eigenvalue weighted by molar-refractivity contribution is -0.112. The lowest BCUT2D eigenvalue weighted by Crippen LogP contribution is -2.23. The molecule has 1 aromatic rings. The molecule has 0 unspecified atom stereocenters. The van der Waals surface area contributed by atoms with Gasteiger partial charge in [-0.1, -0.05) is 6.07 Å². The van der Waals surface area contributed by atoms with E-state index < -0.39 is 16.0 Å². The minimum Gasteiger partial charge on any atom is -0.395 e. The van der Waals surface area contributed by atoms with Crippen LogP contribution in [0, 0.1) is 11.3 Å². The highest BCUT2D eigenvalue weighted by Crippen LogP contribution is 2.16. The van der Waals surface area contributed by atoms with Crippen LogP contribution in [0.3, 0.4) is 0 Å². The zero-order valence-electron chi connectivity index (χ0n) is 12.4. The predicted molar refractivity (Wildman–Crippen MR) is 82.9 cm³/mol. The molecular formula is C14H17N3O5S. The average molecular weight is 339 g/mol. The van der Waals surface area contributed by atoms with Crippen molar-refractivity contribution in [3.8, 4) is 6.07 Å². The summed E-state index contributed by atoms with van der Waals surface area (Å²) in [4.78, 5) is 13.3. The molecule has 0 aliphatic carbocycles. The number of carbonyl (C=O) groups is 1. The van der Waals surface area contributed by atoms with Gasteiger partial charge in [-0.2, -0.15) is 13.7 Å². The average Bonchev–Trinajstić information content (AvgIpc) is 2.50. The van der Waals surface area contributed by atoms with E-state index in [1.807, 2.05) is 0 Å². The van der Waals surface area contributed by atoms with Gasteiger partial charge in [0.15, 0.2) is 0 Å². The number of hydrogen-bond donors (Lipinski definition) is 3. The number of nitrogens with one attached hydrogen (secondary N) is 1. The second-order valence-electron chi connectivity index (χ2n) is 4.46. The van der Waals surface area contributed by atoms with Gasteiger partial charge in [0.25, 0.3) is 16.0 Å². The van der Waals surface area contributed by atoms with Crippen LogP contribution in [-0.4, -0.2) is 48.6 Å². The lowest BCUT2D eigenvalue weighted by atomic mass is 10.2. The van der Waals surface area contributed by atoms with Gasteiger partial charge in [-0.15, -0.1) is 0 Å². The highest BCUT2D eigenvalue weighted by molar-refractivity contribution is 7.85. The van der Waals surface area contributed by atoms with E-state index >= 15 is 0 Å². The van der Waals surface area contributed by atoms with Crippen LogP contribution in [0.2, 0.25) is 0 Å². The van der Waals surface area contributed by atoms with Crippen LogP contribution in [0.25, 0.3) is 0 Å². The van der Waals surface area contributed by atoms with Crippen LogP contribution in [0.5, 0.6) is 0 Å². The Morgan fingerprint density at radius 1 is 1.48 bits per heavy atom. The maximum Gasteiger partial charge on any atom is 0.294 e. The molecule has 124 valence electrons. The maximum absolute atomic E-state index is 12.1. The minimum atomic E-state index is -4.38. The minimum absolute atomic E-state index is 0.122. The van der Waals surface area contributed by atoms with E-state index in [0.717, 1.165) is 6.07 Å². The molecule has 23 heavy (non-hydrogen) atoms. The van der Waals surface area contributed by atoms with Crippen molar-refractivity contribution in [2.24, 2.45) is 0 Å². The number of nitrogens with zero attached hydrogens (tertiary/aromatic N) is 2. The summed E-state index contributed by atoms with van der Waals surface area (Å²) in [7, 11) is -4.38. The van der Waals surface area contributed by atoms with E-state index in [9.17, 15) is 13.2 Å². The Hall–Kier alpha value is -2.41. The molecule has 0 spiro atoms. The molecule has 1 amide bonds. The number of amides is 1. The molecule has 0 saturated heterocycles. The molecule has 0 radical (unpaired) electrons. The van der Waals surface area contributed by atoms with Crippen LogP contribution in [0.15, 0.2) is 40.9 Å². The SMILES string of the molecule is CCN(/C=C(/C#N)C(=O)Nc1cccc(S(=O)(=O)O)c1)CCO. The maximum atomic E-state index is 12.1. The van der Waals surface area contributed by atoms with Gasteiger partial charge in [-0.25, -0.2) is 0 Å². The third-order valence-corrected chi connectivity index (χ3v) is 3.71. The number of likely N-dealkylation sites (N-methyl/N-ethyl adjacent to an activating group) is 1. The van der Waals surface area contributed by atoms with Crippen LogP contribution in [-0.2, 0) is 14.9 Å². The second-order valence-corrected chi connectivity index (χ2v) is 5.89. The Morgan fingerprint density at radius 3 is 2.70 bits per heavy atom. The van der Waals surface area contributed by atoms with Crippen molar-refractivity contribution in [2.45, 2.75) is 11.8 Å². The normalized spacial score (nSPS) is 11.7. The molecular weight excluding hydrogens is 322 g/mol. The first-order chi connectivity index (χ1) is 10.8. The molecule has 0 saturated carbocycles. The van der Waals surface area contributed by atoms with Crippen molar-refractivity contribution in [1.82, 2.24) is 4.90 Å².